The molecule has 2 aliphatic rings. The van der Waals surface area contributed by atoms with Crippen LogP contribution in [-0.4, -0.2) is 8.07 Å². The maximum Gasteiger partial charge on any atom is 0.108 e. The zero-order valence-electron chi connectivity index (χ0n) is 8.57. The molecule has 1 aliphatic carbocycles. The molecule has 0 nitrogen and oxygen atoms in total. The molecule has 2 rings (SSSR count). The molecule has 0 aromatic rings. The predicted molar refractivity (Wildman–Crippen MR) is 56.7 cm³/mol. The van der Waals surface area contributed by atoms with Gasteiger partial charge in [-0.15, -0.1) is 0 Å². The molecule has 0 aromatic heterocycles. The minimum atomic E-state index is -0.910. The normalized spacial score (nSPS) is 30.3. The topological polar surface area (TPSA) is 0 Å². The number of rotatable bonds is 2. The van der Waals surface area contributed by atoms with Crippen LogP contribution in [0, 0.1) is 5.92 Å². The first kappa shape index (κ1) is 8.30. The lowest BCUT2D eigenvalue weighted by molar-refractivity contribution is 0.768. The highest BCUT2D eigenvalue weighted by Crippen LogP contribution is 2.56. The molecular weight excluding hydrogens is 160 g/mol. The summed E-state index contributed by atoms with van der Waals surface area (Å²) in [7, 11) is -0.910. The molecule has 66 valence electrons. The minimum absolute atomic E-state index is 0.844. The Kier molecular flexibility index (Phi) is 1.62. The first-order valence-corrected chi connectivity index (χ1v) is 8.09. The molecule has 1 heteroatoms. The molecule has 0 radical (unpaired) electrons. The van der Waals surface area contributed by atoms with Crippen molar-refractivity contribution < 1.29 is 0 Å². The second-order valence-electron chi connectivity index (χ2n) is 4.47. The monoisotopic (exact) mass is 178 g/mol. The molecule has 1 unspecified atom stereocenters. The Morgan fingerprint density at radius 2 is 2.00 bits per heavy atom. The van der Waals surface area contributed by atoms with E-state index in [4.69, 9.17) is 0 Å². The first-order valence-electron chi connectivity index (χ1n) is 5.09. The Labute approximate surface area is 76.4 Å². The average molecular weight is 178 g/mol. The SMILES string of the molecule is CCC1=CC(CC)C2=C1[Si]2(C)C. The summed E-state index contributed by atoms with van der Waals surface area (Å²) < 4.78 is 0. The van der Waals surface area contributed by atoms with Crippen molar-refractivity contribution in [2.45, 2.75) is 39.8 Å². The number of allylic oxidation sites excluding steroid dienone is 4. The number of hydrogen-bond donors (Lipinski definition) is 0. The van der Waals surface area contributed by atoms with Gasteiger partial charge in [-0.3, -0.25) is 0 Å². The van der Waals surface area contributed by atoms with E-state index in [-0.39, 0.29) is 0 Å². The van der Waals surface area contributed by atoms with Gasteiger partial charge in [0.25, 0.3) is 0 Å². The van der Waals surface area contributed by atoms with Crippen LogP contribution in [0.3, 0.4) is 0 Å². The van der Waals surface area contributed by atoms with E-state index in [1.807, 2.05) is 10.4 Å². The minimum Gasteiger partial charge on any atom is -0.0746 e. The fourth-order valence-corrected chi connectivity index (χ4v) is 7.12. The summed E-state index contributed by atoms with van der Waals surface area (Å²) in [6.07, 6.45) is 5.09. The van der Waals surface area contributed by atoms with Crippen molar-refractivity contribution in [1.29, 1.82) is 0 Å². The van der Waals surface area contributed by atoms with Gasteiger partial charge in [0.05, 0.1) is 0 Å². The molecule has 1 aliphatic heterocycles. The zero-order chi connectivity index (χ0) is 8.93. The van der Waals surface area contributed by atoms with E-state index in [9.17, 15) is 0 Å². The highest BCUT2D eigenvalue weighted by Gasteiger charge is 2.53. The van der Waals surface area contributed by atoms with Crippen LogP contribution in [0.5, 0.6) is 0 Å². The maximum atomic E-state index is 2.52. The molecule has 12 heavy (non-hydrogen) atoms. The van der Waals surface area contributed by atoms with Crippen molar-refractivity contribution >= 4 is 8.07 Å². The van der Waals surface area contributed by atoms with Crippen LogP contribution in [0.1, 0.15) is 26.7 Å². The quantitative estimate of drug-likeness (QED) is 0.568. The smallest absolute Gasteiger partial charge is 0.0746 e. The lowest BCUT2D eigenvalue weighted by Gasteiger charge is -2.15. The highest BCUT2D eigenvalue weighted by atomic mass is 28.3. The van der Waals surface area contributed by atoms with E-state index >= 15 is 0 Å². The average Bonchev–Trinajstić information content (AvgIpc) is 2.49. The summed E-state index contributed by atoms with van der Waals surface area (Å²) in [6, 6.07) is 0. The Balaban J connectivity index is 2.28. The van der Waals surface area contributed by atoms with Gasteiger partial charge in [0.15, 0.2) is 0 Å². The molecule has 0 amide bonds. The van der Waals surface area contributed by atoms with Crippen molar-refractivity contribution in [2.24, 2.45) is 5.92 Å². The van der Waals surface area contributed by atoms with Gasteiger partial charge in [-0.2, -0.15) is 0 Å². The summed E-state index contributed by atoms with van der Waals surface area (Å²) in [5, 5.41) is 3.71. The molecule has 0 fully saturated rings. The fraction of sp³-hybridized carbons (Fsp3) is 0.636. The summed E-state index contributed by atoms with van der Waals surface area (Å²) in [6.45, 7) is 9.61. The standard InChI is InChI=1S/C11H18Si/c1-5-8-7-9(6-2)11-10(8)12(11,3)4/h7-8H,5-6H2,1-4H3. The van der Waals surface area contributed by atoms with E-state index in [1.54, 1.807) is 5.57 Å². The molecule has 0 saturated heterocycles. The predicted octanol–water partition coefficient (Wildman–Crippen LogP) is 3.46. The molecule has 0 N–H and O–H groups in total. The van der Waals surface area contributed by atoms with Gasteiger partial charge < -0.3 is 0 Å². The first-order chi connectivity index (χ1) is 5.62. The zero-order valence-corrected chi connectivity index (χ0v) is 9.57. The van der Waals surface area contributed by atoms with Crippen LogP contribution in [0.4, 0.5) is 0 Å². The highest BCUT2D eigenvalue weighted by molar-refractivity contribution is 7.02. The van der Waals surface area contributed by atoms with Crippen molar-refractivity contribution in [2.75, 3.05) is 0 Å². The van der Waals surface area contributed by atoms with Gasteiger partial charge in [-0.25, -0.2) is 0 Å². The van der Waals surface area contributed by atoms with Crippen LogP contribution in [-0.2, 0) is 0 Å². The van der Waals surface area contributed by atoms with E-state index in [0.29, 0.717) is 0 Å². The van der Waals surface area contributed by atoms with Crippen molar-refractivity contribution in [1.82, 2.24) is 0 Å². The Morgan fingerprint density at radius 1 is 1.33 bits per heavy atom. The van der Waals surface area contributed by atoms with Crippen LogP contribution < -0.4 is 0 Å². The summed E-state index contributed by atoms with van der Waals surface area (Å²) in [4.78, 5) is 0. The second-order valence-corrected chi connectivity index (χ2v) is 8.76. The summed E-state index contributed by atoms with van der Waals surface area (Å²) in [5.41, 5.74) is 1.69. The van der Waals surface area contributed by atoms with Crippen LogP contribution >= 0.6 is 0 Å². The molecule has 0 saturated carbocycles. The third-order valence-corrected chi connectivity index (χ3v) is 6.98. The van der Waals surface area contributed by atoms with E-state index in [2.05, 4.69) is 33.0 Å². The second kappa shape index (κ2) is 2.35. The van der Waals surface area contributed by atoms with Gasteiger partial charge in [-0.1, -0.05) is 49.0 Å². The lowest BCUT2D eigenvalue weighted by Crippen LogP contribution is -2.17. The van der Waals surface area contributed by atoms with Gasteiger partial charge >= 0.3 is 0 Å². The molecule has 1 heterocycles. The molecular formula is C11H18Si. The third-order valence-electron chi connectivity index (χ3n) is 3.42. The maximum absolute atomic E-state index is 2.52. The third kappa shape index (κ3) is 0.832. The Bertz CT molecular complexity index is 281. The Morgan fingerprint density at radius 3 is 2.33 bits per heavy atom. The lowest BCUT2D eigenvalue weighted by atomic mass is 10.1. The summed E-state index contributed by atoms with van der Waals surface area (Å²) in [5.74, 6) is 0.844. The largest absolute Gasteiger partial charge is 0.108 e. The van der Waals surface area contributed by atoms with Crippen molar-refractivity contribution in [3.8, 4) is 0 Å². The van der Waals surface area contributed by atoms with Gasteiger partial charge in [0.1, 0.15) is 8.07 Å². The molecule has 0 aromatic carbocycles. The van der Waals surface area contributed by atoms with Gasteiger partial charge in [-0.05, 0) is 18.8 Å². The van der Waals surface area contributed by atoms with E-state index in [0.717, 1.165) is 5.92 Å². The van der Waals surface area contributed by atoms with Gasteiger partial charge in [0.2, 0.25) is 0 Å². The molecule has 0 spiro atoms. The molecule has 1 atom stereocenters. The van der Waals surface area contributed by atoms with Crippen molar-refractivity contribution in [3.63, 3.8) is 0 Å². The fourth-order valence-electron chi connectivity index (χ4n) is 2.75. The van der Waals surface area contributed by atoms with E-state index < -0.39 is 8.07 Å². The summed E-state index contributed by atoms with van der Waals surface area (Å²) >= 11 is 0. The molecule has 0 bridgehead atoms. The Hall–Kier alpha value is -0.303. The number of hydrogen-bond acceptors (Lipinski definition) is 0. The van der Waals surface area contributed by atoms with Crippen LogP contribution in [0.2, 0.25) is 13.1 Å². The van der Waals surface area contributed by atoms with Gasteiger partial charge in [0, 0.05) is 0 Å². The van der Waals surface area contributed by atoms with E-state index in [1.165, 1.54) is 12.8 Å². The van der Waals surface area contributed by atoms with Crippen molar-refractivity contribution in [3.05, 3.63) is 22.0 Å². The van der Waals surface area contributed by atoms with Crippen LogP contribution in [0.25, 0.3) is 0 Å². The van der Waals surface area contributed by atoms with Crippen LogP contribution in [0.15, 0.2) is 22.0 Å².